The lowest BCUT2D eigenvalue weighted by Crippen LogP contribution is -2.17. The van der Waals surface area contributed by atoms with E-state index in [2.05, 4.69) is 19.6 Å². The Morgan fingerprint density at radius 3 is 1.92 bits per heavy atom. The molecule has 4 N–H and O–H groups in total. The summed E-state index contributed by atoms with van der Waals surface area (Å²) in [4.78, 5) is 19.7. The van der Waals surface area contributed by atoms with Gasteiger partial charge in [0, 0.05) is 0 Å². The minimum Gasteiger partial charge on any atom is -0.481 e. The summed E-state index contributed by atoms with van der Waals surface area (Å²) in [5, 5.41) is 15.0. The molecule has 0 amide bonds. The number of carboxylic acid groups (broad SMARTS) is 2. The number of hydrogen-bond donors (Lipinski definition) is 4. The van der Waals surface area contributed by atoms with Gasteiger partial charge in [-0.2, -0.15) is 12.6 Å². The van der Waals surface area contributed by atoms with Crippen molar-refractivity contribution in [2.45, 2.75) is 25.0 Å². The minimum atomic E-state index is -1.21. The summed E-state index contributed by atoms with van der Waals surface area (Å²) < 4.78 is 0. The van der Waals surface area contributed by atoms with Crippen molar-refractivity contribution >= 4 is 24.6 Å². The van der Waals surface area contributed by atoms with Gasteiger partial charge < -0.3 is 15.9 Å². The highest BCUT2D eigenvalue weighted by Gasteiger charge is 2.14. The van der Waals surface area contributed by atoms with Gasteiger partial charge in [0.25, 0.3) is 0 Å². The molecule has 78 valence electrons. The zero-order valence-electron chi connectivity index (χ0n) is 7.43. The smallest absolute Gasteiger partial charge is 0.316 e. The standard InChI is InChI=1S/C4H6O4S.C3H9N/c5-3(6)1-2(9)4(7)8;1-2-3-4/h2,9H,1H2,(H,5,6)(H,7,8);2-4H2,1H3. The Labute approximate surface area is 82.3 Å². The van der Waals surface area contributed by atoms with E-state index in [4.69, 9.17) is 15.9 Å². The SMILES string of the molecule is CCCN.O=C(O)CC(S)C(=O)O. The first-order valence-corrected chi connectivity index (χ1v) is 4.30. The molecule has 5 nitrogen and oxygen atoms in total. The highest BCUT2D eigenvalue weighted by Crippen LogP contribution is 1.99. The van der Waals surface area contributed by atoms with Crippen LogP contribution in [0.3, 0.4) is 0 Å². The summed E-state index contributed by atoms with van der Waals surface area (Å²) in [6.45, 7) is 2.88. The van der Waals surface area contributed by atoms with E-state index in [0.29, 0.717) is 0 Å². The maximum atomic E-state index is 9.90. The Hall–Kier alpha value is -0.750. The molecule has 0 aliphatic carbocycles. The van der Waals surface area contributed by atoms with Crippen LogP contribution in [0.2, 0.25) is 0 Å². The third-order valence-electron chi connectivity index (χ3n) is 0.942. The van der Waals surface area contributed by atoms with E-state index >= 15 is 0 Å². The Morgan fingerprint density at radius 2 is 1.85 bits per heavy atom. The normalized spacial score (nSPS) is 11.0. The average molecular weight is 209 g/mol. The Bertz CT molecular complexity index is 161. The van der Waals surface area contributed by atoms with Gasteiger partial charge in [-0.05, 0) is 13.0 Å². The molecule has 0 aromatic heterocycles. The van der Waals surface area contributed by atoms with Gasteiger partial charge in [0.2, 0.25) is 0 Å². The topological polar surface area (TPSA) is 101 Å². The van der Waals surface area contributed by atoms with Crippen molar-refractivity contribution in [3.63, 3.8) is 0 Å². The second-order valence-corrected chi connectivity index (χ2v) is 2.86. The molecular weight excluding hydrogens is 194 g/mol. The predicted octanol–water partition coefficient (Wildman–Crippen LogP) is 0.199. The van der Waals surface area contributed by atoms with Crippen LogP contribution in [0.15, 0.2) is 0 Å². The number of carbonyl (C=O) groups is 2. The number of hydrogen-bond acceptors (Lipinski definition) is 4. The van der Waals surface area contributed by atoms with Crippen LogP contribution in [0.1, 0.15) is 19.8 Å². The van der Waals surface area contributed by atoms with Crippen LogP contribution in [0, 0.1) is 0 Å². The number of nitrogens with two attached hydrogens (primary N) is 1. The number of thiol groups is 1. The van der Waals surface area contributed by atoms with Gasteiger partial charge in [-0.3, -0.25) is 9.59 Å². The van der Waals surface area contributed by atoms with Gasteiger partial charge in [-0.25, -0.2) is 0 Å². The van der Waals surface area contributed by atoms with Crippen molar-refractivity contribution < 1.29 is 19.8 Å². The quantitative estimate of drug-likeness (QED) is 0.495. The van der Waals surface area contributed by atoms with Crippen molar-refractivity contribution in [1.29, 1.82) is 0 Å². The van der Waals surface area contributed by atoms with Crippen molar-refractivity contribution in [3.8, 4) is 0 Å². The van der Waals surface area contributed by atoms with Gasteiger partial charge >= 0.3 is 11.9 Å². The molecule has 1 unspecified atom stereocenters. The largest absolute Gasteiger partial charge is 0.481 e. The Morgan fingerprint density at radius 1 is 1.46 bits per heavy atom. The molecule has 0 rings (SSSR count). The zero-order chi connectivity index (χ0) is 10.9. The van der Waals surface area contributed by atoms with Crippen molar-refractivity contribution in [2.24, 2.45) is 5.73 Å². The number of aliphatic carboxylic acids is 2. The van der Waals surface area contributed by atoms with E-state index in [1.807, 2.05) is 0 Å². The van der Waals surface area contributed by atoms with Gasteiger partial charge in [-0.1, -0.05) is 6.92 Å². The molecule has 0 bridgehead atoms. The Balaban J connectivity index is 0. The first kappa shape index (κ1) is 14.8. The molecule has 1 atom stereocenters. The van der Waals surface area contributed by atoms with E-state index < -0.39 is 23.6 Å². The van der Waals surface area contributed by atoms with E-state index in [1.54, 1.807) is 0 Å². The zero-order valence-corrected chi connectivity index (χ0v) is 8.33. The van der Waals surface area contributed by atoms with Crippen LogP contribution < -0.4 is 5.73 Å². The minimum absolute atomic E-state index is 0.446. The van der Waals surface area contributed by atoms with Crippen LogP contribution >= 0.6 is 12.6 Å². The Kier molecular flexibility index (Phi) is 10.6. The third-order valence-corrected chi connectivity index (χ3v) is 1.35. The summed E-state index contributed by atoms with van der Waals surface area (Å²) in [7, 11) is 0. The highest BCUT2D eigenvalue weighted by molar-refractivity contribution is 7.81. The fourth-order valence-electron chi connectivity index (χ4n) is 0.253. The average Bonchev–Trinajstić information content (AvgIpc) is 2.03. The van der Waals surface area contributed by atoms with Crippen LogP contribution in [0.4, 0.5) is 0 Å². The fourth-order valence-corrected chi connectivity index (χ4v) is 0.409. The molecule has 0 saturated carbocycles. The molecule has 13 heavy (non-hydrogen) atoms. The molecule has 0 aromatic carbocycles. The third kappa shape index (κ3) is 14.1. The molecule has 0 aliphatic rings. The van der Waals surface area contributed by atoms with Crippen molar-refractivity contribution in [1.82, 2.24) is 0 Å². The molecule has 0 spiro atoms. The molecule has 0 saturated heterocycles. The molecular formula is C7H15NO4S. The molecule has 0 aliphatic heterocycles. The fraction of sp³-hybridized carbons (Fsp3) is 0.714. The molecule has 0 heterocycles. The van der Waals surface area contributed by atoms with Crippen LogP contribution in [0.5, 0.6) is 0 Å². The van der Waals surface area contributed by atoms with Crippen LogP contribution in [0.25, 0.3) is 0 Å². The predicted molar refractivity (Wildman–Crippen MR) is 52.0 cm³/mol. The lowest BCUT2D eigenvalue weighted by Gasteiger charge is -1.97. The van der Waals surface area contributed by atoms with Crippen LogP contribution in [-0.2, 0) is 9.59 Å². The second kappa shape index (κ2) is 9.34. The summed E-state index contributed by atoms with van der Waals surface area (Å²) in [6, 6.07) is 0. The monoisotopic (exact) mass is 209 g/mol. The maximum Gasteiger partial charge on any atom is 0.316 e. The molecule has 6 heteroatoms. The van der Waals surface area contributed by atoms with Crippen LogP contribution in [-0.4, -0.2) is 33.9 Å². The summed E-state index contributed by atoms with van der Waals surface area (Å²) in [5.74, 6) is -2.36. The molecule has 0 radical (unpaired) electrons. The van der Waals surface area contributed by atoms with Gasteiger partial charge in [0.05, 0.1) is 6.42 Å². The van der Waals surface area contributed by atoms with Gasteiger partial charge in [0.1, 0.15) is 5.25 Å². The maximum absolute atomic E-state index is 9.90. The van der Waals surface area contributed by atoms with Crippen molar-refractivity contribution in [3.05, 3.63) is 0 Å². The highest BCUT2D eigenvalue weighted by atomic mass is 32.1. The second-order valence-electron chi connectivity index (χ2n) is 2.24. The summed E-state index contributed by atoms with van der Waals surface area (Å²) in [6.07, 6.45) is 0.651. The first-order chi connectivity index (χ1) is 5.95. The number of carboxylic acids is 2. The van der Waals surface area contributed by atoms with Gasteiger partial charge in [0.15, 0.2) is 0 Å². The van der Waals surface area contributed by atoms with E-state index in [1.165, 1.54) is 0 Å². The summed E-state index contributed by atoms with van der Waals surface area (Å²) in [5.41, 5.74) is 5.03. The molecule has 0 fully saturated rings. The number of rotatable bonds is 4. The summed E-state index contributed by atoms with van der Waals surface area (Å²) >= 11 is 3.48. The van der Waals surface area contributed by atoms with Gasteiger partial charge in [-0.15, -0.1) is 0 Å². The lowest BCUT2D eigenvalue weighted by atomic mass is 10.3. The van der Waals surface area contributed by atoms with Crippen molar-refractivity contribution in [2.75, 3.05) is 6.54 Å². The van der Waals surface area contributed by atoms with E-state index in [-0.39, 0.29) is 0 Å². The van der Waals surface area contributed by atoms with E-state index in [0.717, 1.165) is 13.0 Å². The van der Waals surface area contributed by atoms with E-state index in [9.17, 15) is 9.59 Å². The first-order valence-electron chi connectivity index (χ1n) is 3.78. The lowest BCUT2D eigenvalue weighted by molar-refractivity contribution is -0.142. The molecule has 0 aromatic rings.